The van der Waals surface area contributed by atoms with E-state index in [1.54, 1.807) is 24.3 Å². The van der Waals surface area contributed by atoms with Crippen molar-refractivity contribution in [2.75, 3.05) is 38.4 Å². The summed E-state index contributed by atoms with van der Waals surface area (Å²) in [5.41, 5.74) is 1.55. The number of nitrogens with one attached hydrogen (secondary N) is 1. The Balaban J connectivity index is 2.07. The van der Waals surface area contributed by atoms with Gasteiger partial charge in [-0.15, -0.1) is 0 Å². The lowest BCUT2D eigenvalue weighted by molar-refractivity contribution is -0.139. The van der Waals surface area contributed by atoms with E-state index in [0.29, 0.717) is 27.1 Å². The van der Waals surface area contributed by atoms with Crippen LogP contribution in [-0.4, -0.2) is 65.2 Å². The number of carbonyl (C=O) groups is 2. The van der Waals surface area contributed by atoms with Crippen molar-refractivity contribution < 1.29 is 27.5 Å². The standard InChI is InChI=1S/C28H31Cl2N3O6S/c1-31-28(35)24(14-19-8-6-5-7-9-19)32(17-20-10-11-21(29)15-23(20)30)27(34)18-33(40(4,36)37)22-12-13-25(38-2)26(16-22)39-3/h5-13,15-16,24H,14,17-18H2,1-4H3,(H,31,35)/t24-/m1/s1. The zero-order valence-corrected chi connectivity index (χ0v) is 24.9. The van der Waals surface area contributed by atoms with Crippen molar-refractivity contribution in [3.05, 3.63) is 87.9 Å². The summed E-state index contributed by atoms with van der Waals surface area (Å²) in [5, 5.41) is 3.34. The highest BCUT2D eigenvalue weighted by Gasteiger charge is 2.33. The van der Waals surface area contributed by atoms with E-state index in [1.165, 1.54) is 38.3 Å². The van der Waals surface area contributed by atoms with Crippen molar-refractivity contribution in [2.45, 2.75) is 19.0 Å². The summed E-state index contributed by atoms with van der Waals surface area (Å²) in [6.07, 6.45) is 1.18. The number of hydrogen-bond donors (Lipinski definition) is 1. The van der Waals surface area contributed by atoms with Gasteiger partial charge in [0.2, 0.25) is 21.8 Å². The molecule has 1 N–H and O–H groups in total. The zero-order valence-electron chi connectivity index (χ0n) is 22.6. The molecule has 214 valence electrons. The van der Waals surface area contributed by atoms with Gasteiger partial charge in [-0.3, -0.25) is 13.9 Å². The molecule has 0 fully saturated rings. The molecule has 0 spiro atoms. The number of carbonyl (C=O) groups excluding carboxylic acids is 2. The van der Waals surface area contributed by atoms with Crippen LogP contribution in [0, 0.1) is 0 Å². The first-order valence-corrected chi connectivity index (χ1v) is 14.8. The first-order chi connectivity index (χ1) is 19.0. The Morgan fingerprint density at radius 1 is 0.950 bits per heavy atom. The minimum atomic E-state index is -3.94. The molecule has 0 radical (unpaired) electrons. The van der Waals surface area contributed by atoms with Gasteiger partial charge in [0.15, 0.2) is 11.5 Å². The molecule has 40 heavy (non-hydrogen) atoms. The van der Waals surface area contributed by atoms with Gasteiger partial charge in [0.25, 0.3) is 0 Å². The number of hydrogen-bond acceptors (Lipinski definition) is 6. The topological polar surface area (TPSA) is 105 Å². The molecule has 3 aromatic carbocycles. The van der Waals surface area contributed by atoms with Gasteiger partial charge in [0.1, 0.15) is 12.6 Å². The molecule has 9 nitrogen and oxygen atoms in total. The fourth-order valence-electron chi connectivity index (χ4n) is 4.15. The minimum Gasteiger partial charge on any atom is -0.493 e. The second-order valence-corrected chi connectivity index (χ2v) is 11.6. The summed E-state index contributed by atoms with van der Waals surface area (Å²) < 4.78 is 37.4. The van der Waals surface area contributed by atoms with Crippen molar-refractivity contribution in [2.24, 2.45) is 0 Å². The van der Waals surface area contributed by atoms with E-state index in [1.807, 2.05) is 30.3 Å². The summed E-state index contributed by atoms with van der Waals surface area (Å²) in [4.78, 5) is 28.5. The van der Waals surface area contributed by atoms with Crippen molar-refractivity contribution in [1.29, 1.82) is 0 Å². The molecule has 2 amide bonds. The SMILES string of the molecule is CNC(=O)[C@@H](Cc1ccccc1)N(Cc1ccc(Cl)cc1Cl)C(=O)CN(c1ccc(OC)c(OC)c1)S(C)(=O)=O. The highest BCUT2D eigenvalue weighted by atomic mass is 35.5. The molecule has 0 aliphatic carbocycles. The van der Waals surface area contributed by atoms with Gasteiger partial charge in [-0.2, -0.15) is 0 Å². The first-order valence-electron chi connectivity index (χ1n) is 12.2. The average molecular weight is 609 g/mol. The minimum absolute atomic E-state index is 0.0662. The highest BCUT2D eigenvalue weighted by molar-refractivity contribution is 7.92. The Kier molecular flexibility index (Phi) is 10.7. The van der Waals surface area contributed by atoms with Crippen molar-refractivity contribution in [1.82, 2.24) is 10.2 Å². The second-order valence-electron chi connectivity index (χ2n) is 8.89. The Morgan fingerprint density at radius 2 is 1.62 bits per heavy atom. The van der Waals surface area contributed by atoms with E-state index in [4.69, 9.17) is 32.7 Å². The van der Waals surface area contributed by atoms with Crippen LogP contribution in [0.2, 0.25) is 10.0 Å². The van der Waals surface area contributed by atoms with E-state index in [-0.39, 0.29) is 18.7 Å². The van der Waals surface area contributed by atoms with Gasteiger partial charge in [-0.1, -0.05) is 59.6 Å². The van der Waals surface area contributed by atoms with Gasteiger partial charge in [-0.25, -0.2) is 8.42 Å². The van der Waals surface area contributed by atoms with Crippen molar-refractivity contribution >= 4 is 50.7 Å². The number of amides is 2. The summed E-state index contributed by atoms with van der Waals surface area (Å²) in [5.74, 6) is -0.346. The lowest BCUT2D eigenvalue weighted by Gasteiger charge is -2.33. The van der Waals surface area contributed by atoms with Crippen LogP contribution in [0.3, 0.4) is 0 Å². The third kappa shape index (κ3) is 7.80. The molecule has 0 saturated carbocycles. The zero-order chi connectivity index (χ0) is 29.4. The summed E-state index contributed by atoms with van der Waals surface area (Å²) >= 11 is 12.5. The number of benzene rings is 3. The van der Waals surface area contributed by atoms with Gasteiger partial charge in [0, 0.05) is 36.1 Å². The van der Waals surface area contributed by atoms with Crippen LogP contribution in [0.25, 0.3) is 0 Å². The Bertz CT molecular complexity index is 1450. The highest BCUT2D eigenvalue weighted by Crippen LogP contribution is 2.33. The molecule has 0 unspecified atom stereocenters. The van der Waals surface area contributed by atoms with Gasteiger partial charge < -0.3 is 19.7 Å². The number of halogens is 2. The predicted molar refractivity (Wildman–Crippen MR) is 157 cm³/mol. The van der Waals surface area contributed by atoms with Crippen LogP contribution < -0.4 is 19.1 Å². The number of ether oxygens (including phenoxy) is 2. The average Bonchev–Trinajstić information content (AvgIpc) is 2.93. The van der Waals surface area contributed by atoms with Gasteiger partial charge in [0.05, 0.1) is 26.2 Å². The van der Waals surface area contributed by atoms with E-state index >= 15 is 0 Å². The number of likely N-dealkylation sites (N-methyl/N-ethyl adjacent to an activating group) is 1. The monoisotopic (exact) mass is 607 g/mol. The predicted octanol–water partition coefficient (Wildman–Crippen LogP) is 4.16. The number of sulfonamides is 1. The maximum absolute atomic E-state index is 14.0. The lowest BCUT2D eigenvalue weighted by Crippen LogP contribution is -2.52. The van der Waals surface area contributed by atoms with Crippen LogP contribution in [0.5, 0.6) is 11.5 Å². The molecule has 3 aromatic rings. The molecular formula is C28H31Cl2N3O6S. The molecule has 0 aliphatic heterocycles. The Labute approximate surface area is 244 Å². The van der Waals surface area contributed by atoms with Crippen LogP contribution >= 0.6 is 23.2 Å². The molecule has 12 heteroatoms. The largest absolute Gasteiger partial charge is 0.493 e. The Morgan fingerprint density at radius 3 is 2.20 bits per heavy atom. The maximum Gasteiger partial charge on any atom is 0.244 e. The van der Waals surface area contributed by atoms with Crippen LogP contribution in [0.1, 0.15) is 11.1 Å². The van der Waals surface area contributed by atoms with Crippen LogP contribution in [-0.2, 0) is 32.6 Å². The van der Waals surface area contributed by atoms with E-state index in [2.05, 4.69) is 5.32 Å². The fourth-order valence-corrected chi connectivity index (χ4v) is 5.46. The molecule has 0 bridgehead atoms. The summed E-state index contributed by atoms with van der Waals surface area (Å²) in [6, 6.07) is 17.6. The third-order valence-electron chi connectivity index (χ3n) is 6.21. The normalized spacial score (nSPS) is 11.8. The van der Waals surface area contributed by atoms with E-state index in [9.17, 15) is 18.0 Å². The smallest absolute Gasteiger partial charge is 0.244 e. The lowest BCUT2D eigenvalue weighted by atomic mass is 10.0. The molecule has 0 aliphatic rings. The maximum atomic E-state index is 14.0. The number of rotatable bonds is 12. The number of nitrogens with zero attached hydrogens (tertiary/aromatic N) is 2. The van der Waals surface area contributed by atoms with Gasteiger partial charge >= 0.3 is 0 Å². The van der Waals surface area contributed by atoms with Crippen LogP contribution in [0.15, 0.2) is 66.7 Å². The quantitative estimate of drug-likeness (QED) is 0.331. The molecular weight excluding hydrogens is 577 g/mol. The molecule has 1 atom stereocenters. The number of anilines is 1. The van der Waals surface area contributed by atoms with Crippen LogP contribution in [0.4, 0.5) is 5.69 Å². The van der Waals surface area contributed by atoms with E-state index in [0.717, 1.165) is 16.1 Å². The molecule has 0 saturated heterocycles. The summed E-state index contributed by atoms with van der Waals surface area (Å²) in [7, 11) is 0.417. The fraction of sp³-hybridized carbons (Fsp3) is 0.286. The van der Waals surface area contributed by atoms with E-state index < -0.39 is 34.4 Å². The van der Waals surface area contributed by atoms with Gasteiger partial charge in [-0.05, 0) is 35.4 Å². The van der Waals surface area contributed by atoms with Crippen molar-refractivity contribution in [3.8, 4) is 11.5 Å². The molecule has 0 aromatic heterocycles. The van der Waals surface area contributed by atoms with Crippen molar-refractivity contribution in [3.63, 3.8) is 0 Å². The second kappa shape index (κ2) is 13.7. The third-order valence-corrected chi connectivity index (χ3v) is 7.94. The summed E-state index contributed by atoms with van der Waals surface area (Å²) in [6.45, 7) is -0.648. The number of methoxy groups -OCH3 is 2. The molecule has 0 heterocycles. The first kappa shape index (κ1) is 31.1. The molecule has 3 rings (SSSR count). The Hall–Kier alpha value is -3.47.